The SMILES string of the molecule is COc1ccc(-[n+]2noc([O-])c2CNC2CC(=O)N(c3ccc(NC(C)=O)cc3)C2=O)cc1. The Kier molecular flexibility index (Phi) is 6.05. The van der Waals surface area contributed by atoms with Gasteiger partial charge in [-0.2, -0.15) is 0 Å². The van der Waals surface area contributed by atoms with Gasteiger partial charge in [0, 0.05) is 24.7 Å². The normalized spacial score (nSPS) is 15.7. The fourth-order valence-electron chi connectivity index (χ4n) is 3.52. The minimum absolute atomic E-state index is 0.0344. The van der Waals surface area contributed by atoms with Gasteiger partial charge in [0.15, 0.2) is 5.95 Å². The number of carbonyl (C=O) groups is 3. The highest BCUT2D eigenvalue weighted by Crippen LogP contribution is 2.25. The molecular weight excluding hydrogens is 430 g/mol. The van der Waals surface area contributed by atoms with Crippen LogP contribution in [0.2, 0.25) is 0 Å². The van der Waals surface area contributed by atoms with Gasteiger partial charge in [0.2, 0.25) is 17.5 Å². The molecule has 11 nitrogen and oxygen atoms in total. The third-order valence-electron chi connectivity index (χ3n) is 5.12. The molecule has 0 aliphatic carbocycles. The van der Waals surface area contributed by atoms with Gasteiger partial charge in [0.1, 0.15) is 5.75 Å². The van der Waals surface area contributed by atoms with Crippen molar-refractivity contribution >= 4 is 29.1 Å². The van der Waals surface area contributed by atoms with Gasteiger partial charge in [-0.1, -0.05) is 0 Å². The van der Waals surface area contributed by atoms with Gasteiger partial charge in [-0.3, -0.25) is 19.7 Å². The summed E-state index contributed by atoms with van der Waals surface area (Å²) < 4.78 is 11.2. The van der Waals surface area contributed by atoms with Crippen molar-refractivity contribution < 1.29 is 33.4 Å². The summed E-state index contributed by atoms with van der Waals surface area (Å²) in [6.45, 7) is 1.35. The van der Waals surface area contributed by atoms with Gasteiger partial charge in [0.05, 0.1) is 37.1 Å². The van der Waals surface area contributed by atoms with Crippen molar-refractivity contribution in [3.05, 3.63) is 54.2 Å². The molecule has 0 radical (unpaired) electrons. The highest BCUT2D eigenvalue weighted by Gasteiger charge is 2.40. The van der Waals surface area contributed by atoms with E-state index in [1.807, 2.05) is 0 Å². The number of anilines is 2. The second-order valence-corrected chi connectivity index (χ2v) is 7.35. The largest absolute Gasteiger partial charge is 0.539 e. The first-order chi connectivity index (χ1) is 15.9. The van der Waals surface area contributed by atoms with E-state index in [2.05, 4.69) is 15.9 Å². The Morgan fingerprint density at radius 1 is 1.21 bits per heavy atom. The van der Waals surface area contributed by atoms with E-state index in [0.29, 0.717) is 22.8 Å². The van der Waals surface area contributed by atoms with Crippen LogP contribution in [0, 0.1) is 0 Å². The second kappa shape index (κ2) is 9.09. The van der Waals surface area contributed by atoms with Crippen LogP contribution in [0.3, 0.4) is 0 Å². The third-order valence-corrected chi connectivity index (χ3v) is 5.12. The smallest absolute Gasteiger partial charge is 0.253 e. The minimum Gasteiger partial charge on any atom is -0.539 e. The number of nitrogens with zero attached hydrogens (tertiary/aromatic N) is 3. The van der Waals surface area contributed by atoms with E-state index < -0.39 is 17.9 Å². The molecular formula is C22H21N5O6. The Morgan fingerprint density at radius 3 is 2.55 bits per heavy atom. The maximum Gasteiger partial charge on any atom is 0.253 e. The Balaban J connectivity index is 1.47. The summed E-state index contributed by atoms with van der Waals surface area (Å²) in [6, 6.07) is 12.4. The molecule has 4 rings (SSSR count). The number of nitrogens with one attached hydrogen (secondary N) is 2. The molecule has 1 aliphatic heterocycles. The van der Waals surface area contributed by atoms with E-state index >= 15 is 0 Å². The standard InChI is InChI=1S/C22H21N5O6/c1-13(28)24-14-3-5-15(6-4-14)26-20(29)11-18(21(26)30)23-12-19-22(31)33-25-27(19)16-7-9-17(32-2)10-8-16/h3-10,18,23H,11-12H2,1-2H3,(H-,24,25,28,31). The first-order valence-corrected chi connectivity index (χ1v) is 10.1. The average Bonchev–Trinajstić information content (AvgIpc) is 3.31. The third kappa shape index (κ3) is 4.53. The van der Waals surface area contributed by atoms with Crippen LogP contribution < -0.4 is 30.1 Å². The van der Waals surface area contributed by atoms with Crippen LogP contribution in [-0.2, 0) is 20.9 Å². The Morgan fingerprint density at radius 2 is 1.91 bits per heavy atom. The maximum absolute atomic E-state index is 12.9. The predicted octanol–water partition coefficient (Wildman–Crippen LogP) is 0.414. The molecule has 1 saturated heterocycles. The number of amides is 3. The van der Waals surface area contributed by atoms with Crippen LogP contribution in [0.4, 0.5) is 11.4 Å². The lowest BCUT2D eigenvalue weighted by atomic mass is 10.2. The summed E-state index contributed by atoms with van der Waals surface area (Å²) in [5.74, 6) is -1.04. The van der Waals surface area contributed by atoms with Gasteiger partial charge in [-0.15, -0.1) is 0 Å². The van der Waals surface area contributed by atoms with Crippen molar-refractivity contribution in [2.75, 3.05) is 17.3 Å². The summed E-state index contributed by atoms with van der Waals surface area (Å²) in [5, 5.41) is 21.5. The molecule has 3 aromatic rings. The molecule has 11 heteroatoms. The van der Waals surface area contributed by atoms with Gasteiger partial charge < -0.3 is 19.7 Å². The lowest BCUT2D eigenvalue weighted by Crippen LogP contribution is -2.43. The molecule has 1 fully saturated rings. The molecule has 2 heterocycles. The van der Waals surface area contributed by atoms with E-state index in [-0.39, 0.29) is 30.5 Å². The van der Waals surface area contributed by atoms with Crippen molar-refractivity contribution in [3.8, 4) is 17.4 Å². The van der Waals surface area contributed by atoms with E-state index in [1.165, 1.54) is 11.6 Å². The molecule has 3 amide bonds. The zero-order valence-electron chi connectivity index (χ0n) is 17.9. The number of carbonyl (C=O) groups excluding carboxylic acids is 3. The molecule has 1 aliphatic rings. The number of rotatable bonds is 7. The second-order valence-electron chi connectivity index (χ2n) is 7.35. The van der Waals surface area contributed by atoms with Crippen LogP contribution in [0.5, 0.6) is 11.7 Å². The predicted molar refractivity (Wildman–Crippen MR) is 113 cm³/mol. The number of hydrogen-bond donors (Lipinski definition) is 2. The highest BCUT2D eigenvalue weighted by molar-refractivity contribution is 6.22. The fourth-order valence-corrected chi connectivity index (χ4v) is 3.52. The molecule has 2 N–H and O–H groups in total. The lowest BCUT2D eigenvalue weighted by molar-refractivity contribution is -0.677. The number of ether oxygens (including phenoxy) is 1. The summed E-state index contributed by atoms with van der Waals surface area (Å²) in [4.78, 5) is 37.6. The number of hydrogen-bond acceptors (Lipinski definition) is 8. The number of benzene rings is 2. The summed E-state index contributed by atoms with van der Waals surface area (Å²) in [7, 11) is 1.55. The van der Waals surface area contributed by atoms with Crippen LogP contribution >= 0.6 is 0 Å². The molecule has 1 unspecified atom stereocenters. The number of methoxy groups -OCH3 is 1. The molecule has 0 bridgehead atoms. The van der Waals surface area contributed by atoms with Crippen molar-refractivity contribution in [2.45, 2.75) is 25.9 Å². The highest BCUT2D eigenvalue weighted by atomic mass is 16.6. The van der Waals surface area contributed by atoms with E-state index in [0.717, 1.165) is 4.90 Å². The molecule has 170 valence electrons. The minimum atomic E-state index is -0.814. The molecule has 1 aromatic heterocycles. The first-order valence-electron chi connectivity index (χ1n) is 10.1. The van der Waals surface area contributed by atoms with Crippen molar-refractivity contribution in [1.82, 2.24) is 10.6 Å². The Labute approximate surface area is 188 Å². The number of imide groups is 1. The maximum atomic E-state index is 12.9. The van der Waals surface area contributed by atoms with Crippen LogP contribution in [0.25, 0.3) is 5.69 Å². The molecule has 0 saturated carbocycles. The zero-order valence-corrected chi connectivity index (χ0v) is 17.9. The monoisotopic (exact) mass is 451 g/mol. The molecule has 0 spiro atoms. The zero-order chi connectivity index (χ0) is 23.5. The van der Waals surface area contributed by atoms with Crippen molar-refractivity contribution in [3.63, 3.8) is 0 Å². The average molecular weight is 451 g/mol. The summed E-state index contributed by atoms with van der Waals surface area (Å²) >= 11 is 0. The van der Waals surface area contributed by atoms with Gasteiger partial charge in [-0.25, -0.2) is 4.90 Å². The van der Waals surface area contributed by atoms with Gasteiger partial charge in [0.25, 0.3) is 11.6 Å². The van der Waals surface area contributed by atoms with Crippen LogP contribution in [-0.4, -0.2) is 36.1 Å². The first kappa shape index (κ1) is 22.0. The number of aromatic nitrogens is 2. The lowest BCUT2D eigenvalue weighted by Gasteiger charge is -2.16. The fraction of sp³-hybridized carbons (Fsp3) is 0.227. The van der Waals surface area contributed by atoms with Crippen LogP contribution in [0.1, 0.15) is 19.0 Å². The van der Waals surface area contributed by atoms with E-state index in [1.54, 1.807) is 55.6 Å². The summed E-state index contributed by atoms with van der Waals surface area (Å²) in [5.41, 5.74) is 1.71. The van der Waals surface area contributed by atoms with Crippen molar-refractivity contribution in [2.24, 2.45) is 0 Å². The Hall–Kier alpha value is -4.25. The van der Waals surface area contributed by atoms with E-state index in [9.17, 15) is 19.5 Å². The van der Waals surface area contributed by atoms with Gasteiger partial charge in [-0.05, 0) is 41.1 Å². The molecule has 33 heavy (non-hydrogen) atoms. The van der Waals surface area contributed by atoms with Gasteiger partial charge >= 0.3 is 0 Å². The Bertz CT molecular complexity index is 1190. The summed E-state index contributed by atoms with van der Waals surface area (Å²) in [6.07, 6.45) is -0.0612. The molecule has 2 aromatic carbocycles. The van der Waals surface area contributed by atoms with Crippen molar-refractivity contribution in [1.29, 1.82) is 0 Å². The quantitative estimate of drug-likeness (QED) is 0.389. The van der Waals surface area contributed by atoms with Crippen LogP contribution in [0.15, 0.2) is 53.1 Å². The topological polar surface area (TPSA) is 141 Å². The van der Waals surface area contributed by atoms with E-state index in [4.69, 9.17) is 9.26 Å². The molecule has 1 atom stereocenters.